The average molecular weight is 418 g/mol. The van der Waals surface area contributed by atoms with Gasteiger partial charge in [-0.1, -0.05) is 58.5 Å². The molecule has 0 N–H and O–H groups in total. The molecule has 158 valence electrons. The van der Waals surface area contributed by atoms with Crippen molar-refractivity contribution in [2.45, 2.75) is 88.9 Å². The van der Waals surface area contributed by atoms with Crippen molar-refractivity contribution in [3.8, 4) is 0 Å². The summed E-state index contributed by atoms with van der Waals surface area (Å²) in [5.74, 6) is -17.7. The summed E-state index contributed by atoms with van der Waals surface area (Å²) < 4.78 is 114. The molecular formula is C16H27F9Si. The van der Waals surface area contributed by atoms with Crippen LogP contribution in [0.25, 0.3) is 0 Å². The summed E-state index contributed by atoms with van der Waals surface area (Å²) in [5.41, 5.74) is 0. The molecule has 0 saturated heterocycles. The molecule has 26 heavy (non-hydrogen) atoms. The molecule has 1 atom stereocenters. The van der Waals surface area contributed by atoms with E-state index in [9.17, 15) is 39.5 Å². The number of hydrogen-bond donors (Lipinski definition) is 0. The van der Waals surface area contributed by atoms with Crippen molar-refractivity contribution < 1.29 is 39.5 Å². The van der Waals surface area contributed by atoms with E-state index in [0.29, 0.717) is 17.9 Å². The van der Waals surface area contributed by atoms with Gasteiger partial charge in [-0.15, -0.1) is 0 Å². The quantitative estimate of drug-likeness (QED) is 0.188. The van der Waals surface area contributed by atoms with Gasteiger partial charge in [0.1, 0.15) is 0 Å². The standard InChI is InChI=1S/C16H27F9Si/c1-11(2)5-4-6-12(3)7-9-26-10-8-13(17,18)14(19,20)15(21,22)16(23,24)25/h11-12H,4-10,26H2,1-3H3/t12-/m0/s1. The first-order valence-corrected chi connectivity index (χ1v) is 10.8. The SMILES string of the molecule is CC(C)CCC[C@H](C)CC[SiH2]CCC(F)(F)C(F)(F)C(F)(F)C(F)(F)F. The van der Waals surface area contributed by atoms with Crippen molar-refractivity contribution in [3.05, 3.63) is 0 Å². The Morgan fingerprint density at radius 3 is 1.69 bits per heavy atom. The second-order valence-electron chi connectivity index (χ2n) is 7.38. The summed E-state index contributed by atoms with van der Waals surface area (Å²) in [6.45, 7) is 6.17. The molecule has 0 aliphatic carbocycles. The fourth-order valence-corrected chi connectivity index (χ4v) is 4.63. The number of halogens is 9. The molecule has 0 aliphatic heterocycles. The largest absolute Gasteiger partial charge is 0.460 e. The maximum absolute atomic E-state index is 13.3. The highest BCUT2D eigenvalue weighted by molar-refractivity contribution is 6.35. The van der Waals surface area contributed by atoms with Crippen LogP contribution in [0, 0.1) is 11.8 Å². The molecule has 0 saturated carbocycles. The molecule has 0 aromatic rings. The van der Waals surface area contributed by atoms with Gasteiger partial charge in [0.25, 0.3) is 0 Å². The summed E-state index contributed by atoms with van der Waals surface area (Å²) in [6, 6.07) is 0.162. The Bertz CT molecular complexity index is 405. The molecule has 0 radical (unpaired) electrons. The van der Waals surface area contributed by atoms with E-state index in [1.807, 2.05) is 6.92 Å². The second kappa shape index (κ2) is 9.68. The van der Waals surface area contributed by atoms with E-state index in [0.717, 1.165) is 25.7 Å². The monoisotopic (exact) mass is 418 g/mol. The van der Waals surface area contributed by atoms with Gasteiger partial charge in [0, 0.05) is 15.9 Å². The topological polar surface area (TPSA) is 0 Å². The molecule has 0 unspecified atom stereocenters. The number of alkyl halides is 9. The van der Waals surface area contributed by atoms with E-state index >= 15 is 0 Å². The Hall–Kier alpha value is -0.413. The summed E-state index contributed by atoms with van der Waals surface area (Å²) in [5, 5.41) is 0. The van der Waals surface area contributed by atoms with Crippen LogP contribution in [-0.4, -0.2) is 33.5 Å². The normalized spacial score (nSPS) is 16.0. The zero-order valence-electron chi connectivity index (χ0n) is 15.2. The lowest BCUT2D eigenvalue weighted by Crippen LogP contribution is -2.60. The molecule has 0 aliphatic rings. The zero-order chi connectivity index (χ0) is 20.8. The smallest absolute Gasteiger partial charge is 0.200 e. The minimum absolute atomic E-state index is 0.345. The Kier molecular flexibility index (Phi) is 9.53. The summed E-state index contributed by atoms with van der Waals surface area (Å²) in [6.07, 6.45) is -4.61. The van der Waals surface area contributed by atoms with Gasteiger partial charge in [-0.05, 0) is 11.8 Å². The van der Waals surface area contributed by atoms with Crippen LogP contribution in [0.2, 0.25) is 12.1 Å². The highest BCUT2D eigenvalue weighted by Crippen LogP contribution is 2.54. The van der Waals surface area contributed by atoms with Crippen molar-refractivity contribution in [2.24, 2.45) is 11.8 Å². The van der Waals surface area contributed by atoms with Gasteiger partial charge in [-0.3, -0.25) is 0 Å². The molecule has 0 amide bonds. The van der Waals surface area contributed by atoms with Crippen LogP contribution in [0.1, 0.15) is 52.9 Å². The van der Waals surface area contributed by atoms with Gasteiger partial charge < -0.3 is 0 Å². The molecule has 0 fully saturated rings. The van der Waals surface area contributed by atoms with Crippen LogP contribution >= 0.6 is 0 Å². The minimum atomic E-state index is -6.77. The lowest BCUT2D eigenvalue weighted by atomic mass is 9.98. The van der Waals surface area contributed by atoms with Gasteiger partial charge in [0.2, 0.25) is 0 Å². The molecular weight excluding hydrogens is 391 g/mol. The molecule has 0 rings (SSSR count). The van der Waals surface area contributed by atoms with Crippen LogP contribution in [0.3, 0.4) is 0 Å². The highest BCUT2D eigenvalue weighted by Gasteiger charge is 2.81. The third-order valence-corrected chi connectivity index (χ3v) is 6.14. The van der Waals surface area contributed by atoms with Gasteiger partial charge in [0.15, 0.2) is 0 Å². The third-order valence-electron chi connectivity index (χ3n) is 4.38. The van der Waals surface area contributed by atoms with E-state index in [1.165, 1.54) is 0 Å². The van der Waals surface area contributed by atoms with Crippen molar-refractivity contribution in [1.29, 1.82) is 0 Å². The third kappa shape index (κ3) is 6.96. The maximum atomic E-state index is 13.3. The van der Waals surface area contributed by atoms with E-state index in [1.54, 1.807) is 0 Å². The molecule has 0 aromatic carbocycles. The van der Waals surface area contributed by atoms with E-state index in [-0.39, 0.29) is 0 Å². The molecule has 0 nitrogen and oxygen atoms in total. The van der Waals surface area contributed by atoms with Crippen molar-refractivity contribution in [2.75, 3.05) is 0 Å². The number of rotatable bonds is 12. The van der Waals surface area contributed by atoms with Gasteiger partial charge >= 0.3 is 23.9 Å². The molecule has 0 spiro atoms. The second-order valence-corrected chi connectivity index (χ2v) is 9.50. The van der Waals surface area contributed by atoms with Gasteiger partial charge in [-0.25, -0.2) is 0 Å². The van der Waals surface area contributed by atoms with Gasteiger partial charge in [0.05, 0.1) is 0 Å². The van der Waals surface area contributed by atoms with E-state index in [2.05, 4.69) is 13.8 Å². The summed E-state index contributed by atoms with van der Waals surface area (Å²) in [4.78, 5) is 0. The lowest BCUT2D eigenvalue weighted by molar-refractivity contribution is -0.396. The fourth-order valence-electron chi connectivity index (χ4n) is 2.60. The summed E-state index contributed by atoms with van der Waals surface area (Å²) >= 11 is 0. The Morgan fingerprint density at radius 2 is 1.23 bits per heavy atom. The van der Waals surface area contributed by atoms with E-state index < -0.39 is 45.9 Å². The van der Waals surface area contributed by atoms with Gasteiger partial charge in [-0.2, -0.15) is 39.5 Å². The Balaban J connectivity index is 4.37. The lowest BCUT2D eigenvalue weighted by Gasteiger charge is -2.33. The van der Waals surface area contributed by atoms with Crippen molar-refractivity contribution in [1.82, 2.24) is 0 Å². The zero-order valence-corrected chi connectivity index (χ0v) is 16.6. The van der Waals surface area contributed by atoms with Crippen LogP contribution in [0.5, 0.6) is 0 Å². The minimum Gasteiger partial charge on any atom is -0.200 e. The molecule has 0 heterocycles. The highest BCUT2D eigenvalue weighted by atomic mass is 28.2. The van der Waals surface area contributed by atoms with Crippen molar-refractivity contribution >= 4 is 9.52 Å². The predicted octanol–water partition coefficient (Wildman–Crippen LogP) is 6.70. The van der Waals surface area contributed by atoms with E-state index in [4.69, 9.17) is 0 Å². The predicted molar refractivity (Wildman–Crippen MR) is 86.1 cm³/mol. The molecule has 10 heteroatoms. The van der Waals surface area contributed by atoms with Crippen molar-refractivity contribution in [3.63, 3.8) is 0 Å². The van der Waals surface area contributed by atoms with Crippen LogP contribution in [-0.2, 0) is 0 Å². The summed E-state index contributed by atoms with van der Waals surface area (Å²) in [7, 11) is -1.23. The van der Waals surface area contributed by atoms with Crippen LogP contribution in [0.15, 0.2) is 0 Å². The fraction of sp³-hybridized carbons (Fsp3) is 1.00. The first-order valence-electron chi connectivity index (χ1n) is 8.76. The first kappa shape index (κ1) is 25.6. The molecule has 0 bridgehead atoms. The average Bonchev–Trinajstić information content (AvgIpc) is 2.44. The van der Waals surface area contributed by atoms with Crippen LogP contribution in [0.4, 0.5) is 39.5 Å². The Morgan fingerprint density at radius 1 is 0.692 bits per heavy atom. The number of hydrogen-bond acceptors (Lipinski definition) is 0. The Labute approximate surface area is 150 Å². The maximum Gasteiger partial charge on any atom is 0.460 e. The van der Waals surface area contributed by atoms with Crippen LogP contribution < -0.4 is 0 Å². The molecule has 0 aromatic heterocycles. The first-order chi connectivity index (χ1) is 11.6.